The van der Waals surface area contributed by atoms with Gasteiger partial charge in [-0.15, -0.1) is 0 Å². The number of rotatable bonds is 6. The number of amides is 1. The van der Waals surface area contributed by atoms with Gasteiger partial charge < -0.3 is 9.88 Å². The maximum absolute atomic E-state index is 12.3. The first-order chi connectivity index (χ1) is 10.9. The second-order valence-corrected chi connectivity index (χ2v) is 5.51. The van der Waals surface area contributed by atoms with Crippen molar-refractivity contribution >= 4 is 11.6 Å². The van der Waals surface area contributed by atoms with E-state index in [4.69, 9.17) is 0 Å². The van der Waals surface area contributed by atoms with Crippen LogP contribution in [-0.2, 0) is 7.05 Å². The first kappa shape index (κ1) is 16.7. The molecule has 2 aromatic rings. The number of hydrogen-bond donors (Lipinski definition) is 1. The van der Waals surface area contributed by atoms with Crippen molar-refractivity contribution in [1.82, 2.24) is 14.8 Å². The summed E-state index contributed by atoms with van der Waals surface area (Å²) in [6.07, 6.45) is 1.94. The summed E-state index contributed by atoms with van der Waals surface area (Å²) in [4.78, 5) is 24.8. The van der Waals surface area contributed by atoms with Gasteiger partial charge in [0.25, 0.3) is 11.6 Å². The number of carbonyl (C=O) groups excluding carboxylic acids is 1. The number of aromatic nitrogens is 1. The zero-order chi connectivity index (χ0) is 17.0. The minimum Gasteiger partial charge on any atom is -0.353 e. The Morgan fingerprint density at radius 3 is 2.57 bits per heavy atom. The van der Waals surface area contributed by atoms with E-state index in [2.05, 4.69) is 5.32 Å². The number of nitro groups is 1. The average molecular weight is 316 g/mol. The van der Waals surface area contributed by atoms with E-state index in [1.807, 2.05) is 48.9 Å². The molecule has 0 aliphatic heterocycles. The summed E-state index contributed by atoms with van der Waals surface area (Å²) >= 11 is 0. The van der Waals surface area contributed by atoms with Gasteiger partial charge in [-0.3, -0.25) is 19.8 Å². The van der Waals surface area contributed by atoms with Crippen LogP contribution in [0.1, 0.15) is 22.1 Å². The average Bonchev–Trinajstić information content (AvgIpc) is 2.93. The highest BCUT2D eigenvalue weighted by Gasteiger charge is 2.22. The van der Waals surface area contributed by atoms with Crippen molar-refractivity contribution in [1.29, 1.82) is 0 Å². The van der Waals surface area contributed by atoms with Crippen molar-refractivity contribution in [3.8, 4) is 0 Å². The van der Waals surface area contributed by atoms with Crippen LogP contribution < -0.4 is 5.32 Å². The third-order valence-electron chi connectivity index (χ3n) is 3.75. The molecule has 0 aliphatic carbocycles. The summed E-state index contributed by atoms with van der Waals surface area (Å²) in [7, 11) is 5.79. The molecule has 0 bridgehead atoms. The van der Waals surface area contributed by atoms with E-state index < -0.39 is 10.8 Å². The summed E-state index contributed by atoms with van der Waals surface area (Å²) in [5, 5.41) is 13.8. The normalized spacial score (nSPS) is 12.2. The van der Waals surface area contributed by atoms with Crippen molar-refractivity contribution in [3.63, 3.8) is 0 Å². The highest BCUT2D eigenvalue weighted by atomic mass is 16.6. The van der Waals surface area contributed by atoms with Crippen LogP contribution >= 0.6 is 0 Å². The lowest BCUT2D eigenvalue weighted by molar-refractivity contribution is -0.385. The van der Waals surface area contributed by atoms with Gasteiger partial charge in [0.05, 0.1) is 11.0 Å². The highest BCUT2D eigenvalue weighted by Crippen LogP contribution is 2.19. The maximum atomic E-state index is 12.3. The van der Waals surface area contributed by atoms with Gasteiger partial charge in [0.15, 0.2) is 0 Å². The molecule has 23 heavy (non-hydrogen) atoms. The van der Waals surface area contributed by atoms with E-state index in [-0.39, 0.29) is 17.3 Å². The quantitative estimate of drug-likeness (QED) is 0.652. The molecule has 0 saturated carbocycles. The van der Waals surface area contributed by atoms with Crippen LogP contribution in [0.15, 0.2) is 42.6 Å². The van der Waals surface area contributed by atoms with Crippen LogP contribution in [0.5, 0.6) is 0 Å². The lowest BCUT2D eigenvalue weighted by Crippen LogP contribution is -2.35. The lowest BCUT2D eigenvalue weighted by Gasteiger charge is -2.25. The molecule has 7 nitrogen and oxygen atoms in total. The maximum Gasteiger partial charge on any atom is 0.282 e. The molecule has 122 valence electrons. The Labute approximate surface area is 134 Å². The fraction of sp³-hybridized carbons (Fsp3) is 0.312. The number of nitro benzene ring substituents is 1. The van der Waals surface area contributed by atoms with Gasteiger partial charge in [-0.25, -0.2) is 0 Å². The number of nitrogens with one attached hydrogen (secondary N) is 1. The number of aryl methyl sites for hydroxylation is 1. The Balaban J connectivity index is 2.14. The van der Waals surface area contributed by atoms with E-state index in [0.29, 0.717) is 6.54 Å². The lowest BCUT2D eigenvalue weighted by atomic mass is 10.1. The first-order valence-corrected chi connectivity index (χ1v) is 7.21. The van der Waals surface area contributed by atoms with Crippen LogP contribution in [0, 0.1) is 10.1 Å². The van der Waals surface area contributed by atoms with Gasteiger partial charge in [0.2, 0.25) is 0 Å². The van der Waals surface area contributed by atoms with Gasteiger partial charge >= 0.3 is 0 Å². The SMILES string of the molecule is CN(C)C(CNC(=O)c1ccccc1[N+](=O)[O-])c1cccn1C. The number of hydrogen-bond acceptors (Lipinski definition) is 4. The summed E-state index contributed by atoms with van der Waals surface area (Å²) < 4.78 is 1.99. The molecule has 1 amide bonds. The number of carbonyl (C=O) groups is 1. The van der Waals surface area contributed by atoms with Gasteiger partial charge in [0, 0.05) is 31.5 Å². The zero-order valence-electron chi connectivity index (χ0n) is 13.4. The molecule has 1 atom stereocenters. The van der Waals surface area contributed by atoms with Crippen LogP contribution in [0.25, 0.3) is 0 Å². The summed E-state index contributed by atoms with van der Waals surface area (Å²) in [6.45, 7) is 0.357. The fourth-order valence-corrected chi connectivity index (χ4v) is 2.48. The van der Waals surface area contributed by atoms with E-state index in [9.17, 15) is 14.9 Å². The predicted molar refractivity (Wildman–Crippen MR) is 87.3 cm³/mol. The largest absolute Gasteiger partial charge is 0.353 e. The van der Waals surface area contributed by atoms with Crippen molar-refractivity contribution in [2.45, 2.75) is 6.04 Å². The zero-order valence-corrected chi connectivity index (χ0v) is 13.4. The van der Waals surface area contributed by atoms with E-state index in [1.165, 1.54) is 12.1 Å². The summed E-state index contributed by atoms with van der Waals surface area (Å²) in [6, 6.07) is 9.85. The predicted octanol–water partition coefficient (Wildman–Crippen LogP) is 1.97. The molecular formula is C16H20N4O3. The van der Waals surface area contributed by atoms with Gasteiger partial charge in [0.1, 0.15) is 5.56 Å². The Hall–Kier alpha value is -2.67. The molecule has 0 saturated heterocycles. The van der Waals surface area contributed by atoms with Gasteiger partial charge in [-0.1, -0.05) is 12.1 Å². The number of likely N-dealkylation sites (N-methyl/N-ethyl adjacent to an activating group) is 1. The molecular weight excluding hydrogens is 296 g/mol. The van der Waals surface area contributed by atoms with E-state index in [1.54, 1.807) is 12.1 Å². The van der Waals surface area contributed by atoms with Gasteiger partial charge in [-0.2, -0.15) is 0 Å². The Bertz CT molecular complexity index is 709. The molecule has 1 aromatic carbocycles. The minimum absolute atomic E-state index is 0.0262. The van der Waals surface area contributed by atoms with Crippen LogP contribution in [0.2, 0.25) is 0 Å². The Kier molecular flexibility index (Phi) is 5.13. The fourth-order valence-electron chi connectivity index (χ4n) is 2.48. The van der Waals surface area contributed by atoms with Crippen LogP contribution in [-0.4, -0.2) is 40.9 Å². The second-order valence-electron chi connectivity index (χ2n) is 5.51. The van der Waals surface area contributed by atoms with Gasteiger partial charge in [-0.05, 0) is 32.3 Å². The van der Waals surface area contributed by atoms with Crippen LogP contribution in [0.3, 0.4) is 0 Å². The molecule has 0 fully saturated rings. The van der Waals surface area contributed by atoms with E-state index >= 15 is 0 Å². The monoisotopic (exact) mass is 316 g/mol. The number of para-hydroxylation sites is 1. The highest BCUT2D eigenvalue weighted by molar-refractivity contribution is 5.98. The Morgan fingerprint density at radius 1 is 1.30 bits per heavy atom. The summed E-state index contributed by atoms with van der Waals surface area (Å²) in [5.74, 6) is -0.446. The molecule has 1 N–H and O–H groups in total. The molecule has 1 unspecified atom stereocenters. The molecule has 1 aromatic heterocycles. The second kappa shape index (κ2) is 7.06. The van der Waals surface area contributed by atoms with Crippen molar-refractivity contribution in [2.75, 3.05) is 20.6 Å². The topological polar surface area (TPSA) is 80.4 Å². The molecule has 2 rings (SSSR count). The molecule has 0 aliphatic rings. The summed E-state index contributed by atoms with van der Waals surface area (Å²) in [5.41, 5.74) is 0.935. The van der Waals surface area contributed by atoms with Crippen molar-refractivity contribution < 1.29 is 9.72 Å². The Morgan fingerprint density at radius 2 is 2.00 bits per heavy atom. The first-order valence-electron chi connectivity index (χ1n) is 7.21. The third-order valence-corrected chi connectivity index (χ3v) is 3.75. The smallest absolute Gasteiger partial charge is 0.282 e. The van der Waals surface area contributed by atoms with E-state index in [0.717, 1.165) is 5.69 Å². The van der Waals surface area contributed by atoms with Crippen molar-refractivity contribution in [3.05, 3.63) is 64.0 Å². The standard InChI is InChI=1S/C16H20N4O3/c1-18(2)15(14-9-6-10-19(14)3)11-17-16(21)12-7-4-5-8-13(12)20(22)23/h4-10,15H,11H2,1-3H3,(H,17,21). The molecule has 7 heteroatoms. The minimum atomic E-state index is -0.546. The third kappa shape index (κ3) is 3.75. The molecule has 0 radical (unpaired) electrons. The molecule has 1 heterocycles. The molecule has 0 spiro atoms. The number of nitrogens with zero attached hydrogens (tertiary/aromatic N) is 3. The van der Waals surface area contributed by atoms with Crippen LogP contribution in [0.4, 0.5) is 5.69 Å². The number of benzene rings is 1. The van der Waals surface area contributed by atoms with Crippen molar-refractivity contribution in [2.24, 2.45) is 7.05 Å².